The van der Waals surface area contributed by atoms with Gasteiger partial charge in [0, 0.05) is 0 Å². The second-order valence-corrected chi connectivity index (χ2v) is 7.97. The molecule has 7 nitrogen and oxygen atoms in total. The number of alkyl halides is 1. The van der Waals surface area contributed by atoms with E-state index in [0.717, 1.165) is 0 Å². The molecule has 0 aromatic rings. The van der Waals surface area contributed by atoms with Gasteiger partial charge < -0.3 is 24.4 Å². The molecule has 0 aliphatic carbocycles. The van der Waals surface area contributed by atoms with Crippen LogP contribution in [0.2, 0.25) is 0 Å². The molecule has 2 N–H and O–H groups in total. The Labute approximate surface area is 141 Å². The molecule has 0 aromatic carbocycles. The van der Waals surface area contributed by atoms with Gasteiger partial charge in [0.15, 0.2) is 18.6 Å². The average Bonchev–Trinajstić information content (AvgIpc) is 2.43. The molecule has 1 rings (SSSR count). The standard InChI is InChI=1S/C16H27FO7/c1-15(2,3)13(20)22-7-8-9(17)11(10(18)12(19)23-8)24-14(21)16(4,5)6/h8-12,18-19H,7H2,1-6H3/t8?,9-,10?,11+,12-/m1/s1. The highest BCUT2D eigenvalue weighted by molar-refractivity contribution is 5.76. The summed E-state index contributed by atoms with van der Waals surface area (Å²) in [5.74, 6) is -1.30. The Hall–Kier alpha value is -1.25. The van der Waals surface area contributed by atoms with Crippen LogP contribution in [0.15, 0.2) is 0 Å². The Morgan fingerprint density at radius 3 is 2.00 bits per heavy atom. The van der Waals surface area contributed by atoms with Gasteiger partial charge in [0.25, 0.3) is 0 Å². The molecule has 0 amide bonds. The number of hydrogen-bond acceptors (Lipinski definition) is 7. The summed E-state index contributed by atoms with van der Waals surface area (Å²) < 4.78 is 29.5. The Bertz CT molecular complexity index is 466. The van der Waals surface area contributed by atoms with E-state index in [0.29, 0.717) is 0 Å². The number of aliphatic hydroxyl groups is 2. The van der Waals surface area contributed by atoms with Gasteiger partial charge in [-0.2, -0.15) is 0 Å². The third-order valence-corrected chi connectivity index (χ3v) is 3.46. The minimum atomic E-state index is -1.96. The van der Waals surface area contributed by atoms with E-state index < -0.39 is 60.1 Å². The van der Waals surface area contributed by atoms with E-state index in [1.54, 1.807) is 41.5 Å². The Morgan fingerprint density at radius 1 is 1.04 bits per heavy atom. The van der Waals surface area contributed by atoms with Crippen LogP contribution >= 0.6 is 0 Å². The molecule has 140 valence electrons. The monoisotopic (exact) mass is 350 g/mol. The molecule has 2 unspecified atom stereocenters. The summed E-state index contributed by atoms with van der Waals surface area (Å²) in [7, 11) is 0. The number of halogens is 1. The summed E-state index contributed by atoms with van der Waals surface area (Å²) >= 11 is 0. The number of carbonyl (C=O) groups is 2. The van der Waals surface area contributed by atoms with Gasteiger partial charge in [0.05, 0.1) is 10.8 Å². The van der Waals surface area contributed by atoms with Crippen molar-refractivity contribution in [3.63, 3.8) is 0 Å². The van der Waals surface area contributed by atoms with E-state index in [4.69, 9.17) is 14.2 Å². The largest absolute Gasteiger partial charge is 0.462 e. The van der Waals surface area contributed by atoms with Crippen molar-refractivity contribution >= 4 is 11.9 Å². The summed E-state index contributed by atoms with van der Waals surface area (Å²) in [6.45, 7) is 9.17. The number of ether oxygens (including phenoxy) is 3. The molecule has 0 bridgehead atoms. The summed E-state index contributed by atoms with van der Waals surface area (Å²) in [6.07, 6.45) is -8.41. The average molecular weight is 350 g/mol. The van der Waals surface area contributed by atoms with Crippen LogP contribution in [0.25, 0.3) is 0 Å². The molecule has 1 aliphatic heterocycles. The zero-order valence-corrected chi connectivity index (χ0v) is 14.9. The van der Waals surface area contributed by atoms with E-state index in [1.807, 2.05) is 0 Å². The summed E-state index contributed by atoms with van der Waals surface area (Å²) in [5.41, 5.74) is -1.69. The van der Waals surface area contributed by atoms with E-state index in [2.05, 4.69) is 0 Å². The van der Waals surface area contributed by atoms with Crippen LogP contribution < -0.4 is 0 Å². The van der Waals surface area contributed by atoms with Crippen LogP contribution in [0.1, 0.15) is 41.5 Å². The van der Waals surface area contributed by atoms with Gasteiger partial charge in [-0.1, -0.05) is 0 Å². The maximum absolute atomic E-state index is 14.6. The fourth-order valence-electron chi connectivity index (χ4n) is 1.84. The molecule has 1 heterocycles. The number of hydrogen-bond donors (Lipinski definition) is 2. The summed E-state index contributed by atoms with van der Waals surface area (Å²) in [4.78, 5) is 23.7. The van der Waals surface area contributed by atoms with Gasteiger partial charge >= 0.3 is 11.9 Å². The van der Waals surface area contributed by atoms with Crippen LogP contribution in [-0.2, 0) is 23.8 Å². The molecule has 0 spiro atoms. The van der Waals surface area contributed by atoms with E-state index >= 15 is 0 Å². The molecule has 24 heavy (non-hydrogen) atoms. The quantitative estimate of drug-likeness (QED) is 0.731. The van der Waals surface area contributed by atoms with Crippen LogP contribution in [0.4, 0.5) is 4.39 Å². The second-order valence-electron chi connectivity index (χ2n) is 7.97. The van der Waals surface area contributed by atoms with Crippen molar-refractivity contribution in [2.45, 2.75) is 72.3 Å². The van der Waals surface area contributed by atoms with Crippen LogP contribution in [-0.4, -0.2) is 59.5 Å². The molecule has 0 radical (unpaired) electrons. The van der Waals surface area contributed by atoms with Gasteiger partial charge in [-0.3, -0.25) is 9.59 Å². The zero-order valence-electron chi connectivity index (χ0n) is 14.9. The Kier molecular flexibility index (Phi) is 6.35. The van der Waals surface area contributed by atoms with Gasteiger partial charge in [0.1, 0.15) is 18.8 Å². The molecule has 1 fully saturated rings. The van der Waals surface area contributed by atoms with Crippen molar-refractivity contribution in [3.8, 4) is 0 Å². The van der Waals surface area contributed by atoms with Crippen LogP contribution in [0, 0.1) is 10.8 Å². The van der Waals surface area contributed by atoms with Gasteiger partial charge in [-0.15, -0.1) is 0 Å². The highest BCUT2D eigenvalue weighted by Gasteiger charge is 2.49. The Balaban J connectivity index is 2.79. The lowest BCUT2D eigenvalue weighted by molar-refractivity contribution is -0.281. The first-order valence-electron chi connectivity index (χ1n) is 7.79. The van der Waals surface area contributed by atoms with Crippen molar-refractivity contribution in [2.24, 2.45) is 10.8 Å². The molecule has 0 saturated carbocycles. The highest BCUT2D eigenvalue weighted by atomic mass is 19.1. The summed E-state index contributed by atoms with van der Waals surface area (Å²) in [5, 5.41) is 19.6. The van der Waals surface area contributed by atoms with Crippen molar-refractivity contribution < 1.29 is 38.4 Å². The van der Waals surface area contributed by atoms with Crippen LogP contribution in [0.3, 0.4) is 0 Å². The third-order valence-electron chi connectivity index (χ3n) is 3.46. The first-order chi connectivity index (χ1) is 10.7. The topological polar surface area (TPSA) is 102 Å². The highest BCUT2D eigenvalue weighted by Crippen LogP contribution is 2.28. The van der Waals surface area contributed by atoms with Crippen LogP contribution in [0.5, 0.6) is 0 Å². The lowest BCUT2D eigenvalue weighted by Crippen LogP contribution is -2.59. The van der Waals surface area contributed by atoms with E-state index in [9.17, 15) is 24.2 Å². The van der Waals surface area contributed by atoms with Crippen molar-refractivity contribution in [1.29, 1.82) is 0 Å². The van der Waals surface area contributed by atoms with Gasteiger partial charge in [-0.05, 0) is 41.5 Å². The lowest BCUT2D eigenvalue weighted by Gasteiger charge is -2.39. The van der Waals surface area contributed by atoms with Gasteiger partial charge in [-0.25, -0.2) is 4.39 Å². The second kappa shape index (κ2) is 7.33. The molecule has 1 aliphatic rings. The number of carbonyl (C=O) groups excluding carboxylic acids is 2. The van der Waals surface area contributed by atoms with Crippen molar-refractivity contribution in [1.82, 2.24) is 0 Å². The minimum absolute atomic E-state index is 0.468. The number of aliphatic hydroxyl groups excluding tert-OH is 2. The molecular formula is C16H27FO7. The first kappa shape index (κ1) is 20.8. The number of rotatable bonds is 3. The molecule has 0 aromatic heterocycles. The molecule has 8 heteroatoms. The minimum Gasteiger partial charge on any atom is -0.462 e. The molecule has 1 saturated heterocycles. The van der Waals surface area contributed by atoms with Crippen molar-refractivity contribution in [2.75, 3.05) is 6.61 Å². The fraction of sp³-hybridized carbons (Fsp3) is 0.875. The molecular weight excluding hydrogens is 323 g/mol. The lowest BCUT2D eigenvalue weighted by atomic mass is 9.95. The van der Waals surface area contributed by atoms with E-state index in [1.165, 1.54) is 0 Å². The smallest absolute Gasteiger partial charge is 0.311 e. The number of esters is 2. The van der Waals surface area contributed by atoms with Gasteiger partial charge in [0.2, 0.25) is 0 Å². The normalized spacial score (nSPS) is 31.5. The maximum Gasteiger partial charge on any atom is 0.311 e. The third kappa shape index (κ3) is 5.12. The first-order valence-corrected chi connectivity index (χ1v) is 7.79. The fourth-order valence-corrected chi connectivity index (χ4v) is 1.84. The molecule has 5 atom stereocenters. The predicted octanol–water partition coefficient (Wildman–Crippen LogP) is 0.950. The SMILES string of the molecule is CC(C)(C)C(=O)OCC1O[C@@H](O)C(O)[C@@H](OC(=O)C(C)(C)C)[C@@H]1F. The Morgan fingerprint density at radius 2 is 1.54 bits per heavy atom. The van der Waals surface area contributed by atoms with E-state index in [-0.39, 0.29) is 0 Å². The maximum atomic E-state index is 14.6. The van der Waals surface area contributed by atoms with Crippen molar-refractivity contribution in [3.05, 3.63) is 0 Å². The zero-order chi connectivity index (χ0) is 18.9. The predicted molar refractivity (Wildman–Crippen MR) is 81.5 cm³/mol. The summed E-state index contributed by atoms with van der Waals surface area (Å²) in [6, 6.07) is 0.